The van der Waals surface area contributed by atoms with E-state index in [0.717, 1.165) is 23.7 Å². The van der Waals surface area contributed by atoms with Crippen molar-refractivity contribution in [3.63, 3.8) is 0 Å². The number of rotatable bonds is 7. The Morgan fingerprint density at radius 1 is 1.19 bits per heavy atom. The average molecular weight is 223 g/mol. The Hall–Kier alpha value is -0.0400. The van der Waals surface area contributed by atoms with Gasteiger partial charge in [0.05, 0.1) is 0 Å². The summed E-state index contributed by atoms with van der Waals surface area (Å²) in [5, 5.41) is 3.52. The van der Waals surface area contributed by atoms with Gasteiger partial charge in [-0.25, -0.2) is 0 Å². The van der Waals surface area contributed by atoms with Crippen molar-refractivity contribution in [1.29, 1.82) is 0 Å². The predicted molar refractivity (Wildman–Crippen MR) is 70.5 cm³/mol. The minimum Gasteiger partial charge on any atom is -0.317 e. The molecule has 0 aliphatic heterocycles. The average Bonchev–Trinajstić information content (AvgIpc) is 2.86. The molecule has 2 aliphatic rings. The fourth-order valence-corrected chi connectivity index (χ4v) is 3.95. The molecular formula is C15H29N. The number of hydrogen-bond donors (Lipinski definition) is 1. The van der Waals surface area contributed by atoms with E-state index in [4.69, 9.17) is 0 Å². The third-order valence-electron chi connectivity index (χ3n) is 4.83. The Labute approximate surface area is 101 Å². The molecule has 0 amide bonds. The van der Waals surface area contributed by atoms with Crippen LogP contribution in [0.1, 0.15) is 58.8 Å². The molecule has 0 heterocycles. The van der Waals surface area contributed by atoms with Crippen molar-refractivity contribution in [3.05, 3.63) is 0 Å². The van der Waals surface area contributed by atoms with E-state index in [1.165, 1.54) is 32.4 Å². The lowest BCUT2D eigenvalue weighted by Crippen LogP contribution is -2.20. The van der Waals surface area contributed by atoms with E-state index < -0.39 is 0 Å². The summed E-state index contributed by atoms with van der Waals surface area (Å²) < 4.78 is 0. The fourth-order valence-electron chi connectivity index (χ4n) is 3.95. The summed E-state index contributed by atoms with van der Waals surface area (Å²) >= 11 is 0. The van der Waals surface area contributed by atoms with Gasteiger partial charge < -0.3 is 5.32 Å². The van der Waals surface area contributed by atoms with Crippen LogP contribution in [0.2, 0.25) is 0 Å². The molecular weight excluding hydrogens is 194 g/mol. The van der Waals surface area contributed by atoms with Crippen molar-refractivity contribution in [2.45, 2.75) is 58.8 Å². The van der Waals surface area contributed by atoms with E-state index in [1.807, 2.05) is 0 Å². The largest absolute Gasteiger partial charge is 0.317 e. The molecule has 0 aromatic carbocycles. The predicted octanol–water partition coefficient (Wildman–Crippen LogP) is 3.84. The van der Waals surface area contributed by atoms with E-state index in [2.05, 4.69) is 19.2 Å². The van der Waals surface area contributed by atoms with Gasteiger partial charge in [-0.2, -0.15) is 0 Å². The number of nitrogens with one attached hydrogen (secondary N) is 1. The van der Waals surface area contributed by atoms with Gasteiger partial charge in [0.2, 0.25) is 0 Å². The molecule has 94 valence electrons. The first-order valence-electron chi connectivity index (χ1n) is 7.50. The summed E-state index contributed by atoms with van der Waals surface area (Å²) in [6.07, 6.45) is 10.4. The van der Waals surface area contributed by atoms with Crippen molar-refractivity contribution >= 4 is 0 Å². The standard InChI is InChI=1S/C15H29N/c1-3-7-16-8-6-12(2)9-15-11-13-4-5-14(15)10-13/h12-16H,3-11H2,1-2H3. The molecule has 2 fully saturated rings. The highest BCUT2D eigenvalue weighted by molar-refractivity contribution is 4.90. The van der Waals surface area contributed by atoms with Gasteiger partial charge in [-0.15, -0.1) is 0 Å². The van der Waals surface area contributed by atoms with Gasteiger partial charge in [-0.05, 0) is 75.3 Å². The molecule has 4 atom stereocenters. The lowest BCUT2D eigenvalue weighted by molar-refractivity contribution is 0.268. The highest BCUT2D eigenvalue weighted by Crippen LogP contribution is 2.50. The summed E-state index contributed by atoms with van der Waals surface area (Å²) in [7, 11) is 0. The first-order valence-corrected chi connectivity index (χ1v) is 7.50. The SMILES string of the molecule is CCCNCCC(C)CC1CC2CCC1C2. The molecule has 4 unspecified atom stereocenters. The molecule has 0 saturated heterocycles. The van der Waals surface area contributed by atoms with Crippen LogP contribution in [0.15, 0.2) is 0 Å². The maximum absolute atomic E-state index is 3.52. The maximum atomic E-state index is 3.52. The molecule has 0 radical (unpaired) electrons. The highest BCUT2D eigenvalue weighted by atomic mass is 14.8. The zero-order valence-corrected chi connectivity index (χ0v) is 11.2. The summed E-state index contributed by atoms with van der Waals surface area (Å²) in [6.45, 7) is 7.13. The summed E-state index contributed by atoms with van der Waals surface area (Å²) in [5.41, 5.74) is 0. The molecule has 2 bridgehead atoms. The molecule has 2 rings (SSSR count). The van der Waals surface area contributed by atoms with Crippen LogP contribution in [0.5, 0.6) is 0 Å². The van der Waals surface area contributed by atoms with Gasteiger partial charge in [0.1, 0.15) is 0 Å². The molecule has 0 aromatic rings. The maximum Gasteiger partial charge on any atom is -0.00464 e. The highest BCUT2D eigenvalue weighted by Gasteiger charge is 2.39. The lowest BCUT2D eigenvalue weighted by atomic mass is 9.82. The molecule has 1 heteroatoms. The molecule has 1 N–H and O–H groups in total. The van der Waals surface area contributed by atoms with Crippen LogP contribution in [0.4, 0.5) is 0 Å². The normalized spacial score (nSPS) is 34.5. The minimum atomic E-state index is 0.939. The third-order valence-corrected chi connectivity index (χ3v) is 4.83. The van der Waals surface area contributed by atoms with Crippen LogP contribution in [-0.2, 0) is 0 Å². The summed E-state index contributed by atoms with van der Waals surface area (Å²) in [5.74, 6) is 4.28. The zero-order chi connectivity index (χ0) is 11.4. The van der Waals surface area contributed by atoms with Crippen LogP contribution in [0, 0.1) is 23.7 Å². The second kappa shape index (κ2) is 6.05. The van der Waals surface area contributed by atoms with Gasteiger partial charge >= 0.3 is 0 Å². The second-order valence-electron chi connectivity index (χ2n) is 6.31. The Kier molecular flexibility index (Phi) is 4.69. The van der Waals surface area contributed by atoms with Crippen LogP contribution in [0.25, 0.3) is 0 Å². The minimum absolute atomic E-state index is 0.939. The number of hydrogen-bond acceptors (Lipinski definition) is 1. The molecule has 2 saturated carbocycles. The molecule has 0 aromatic heterocycles. The van der Waals surface area contributed by atoms with Crippen LogP contribution in [0.3, 0.4) is 0 Å². The monoisotopic (exact) mass is 223 g/mol. The quantitative estimate of drug-likeness (QED) is 0.647. The van der Waals surface area contributed by atoms with Crippen LogP contribution in [-0.4, -0.2) is 13.1 Å². The van der Waals surface area contributed by atoms with Gasteiger partial charge in [0.25, 0.3) is 0 Å². The first-order chi connectivity index (χ1) is 7.79. The van der Waals surface area contributed by atoms with E-state index in [0.29, 0.717) is 0 Å². The van der Waals surface area contributed by atoms with Crippen LogP contribution >= 0.6 is 0 Å². The summed E-state index contributed by atoms with van der Waals surface area (Å²) in [4.78, 5) is 0. The van der Waals surface area contributed by atoms with Gasteiger partial charge in [-0.1, -0.05) is 20.3 Å². The van der Waals surface area contributed by atoms with Gasteiger partial charge in [0.15, 0.2) is 0 Å². The van der Waals surface area contributed by atoms with Gasteiger partial charge in [0, 0.05) is 0 Å². The van der Waals surface area contributed by atoms with Crippen molar-refractivity contribution in [2.24, 2.45) is 23.7 Å². The van der Waals surface area contributed by atoms with Crippen molar-refractivity contribution in [3.8, 4) is 0 Å². The number of fused-ring (bicyclic) bond motifs is 2. The first kappa shape index (κ1) is 12.4. The van der Waals surface area contributed by atoms with E-state index in [-0.39, 0.29) is 0 Å². The van der Waals surface area contributed by atoms with E-state index in [1.54, 1.807) is 25.7 Å². The topological polar surface area (TPSA) is 12.0 Å². The van der Waals surface area contributed by atoms with Gasteiger partial charge in [-0.3, -0.25) is 0 Å². The van der Waals surface area contributed by atoms with Crippen molar-refractivity contribution in [1.82, 2.24) is 5.32 Å². The zero-order valence-electron chi connectivity index (χ0n) is 11.2. The molecule has 0 spiro atoms. The smallest absolute Gasteiger partial charge is 0.00464 e. The Morgan fingerprint density at radius 2 is 2.06 bits per heavy atom. The molecule has 16 heavy (non-hydrogen) atoms. The Bertz CT molecular complexity index is 202. The van der Waals surface area contributed by atoms with Crippen LogP contribution < -0.4 is 5.32 Å². The molecule has 1 nitrogen and oxygen atoms in total. The fraction of sp³-hybridized carbons (Fsp3) is 1.00. The third kappa shape index (κ3) is 3.23. The van der Waals surface area contributed by atoms with Crippen molar-refractivity contribution < 1.29 is 0 Å². The Balaban J connectivity index is 1.58. The van der Waals surface area contributed by atoms with Crippen molar-refractivity contribution in [2.75, 3.05) is 13.1 Å². The summed E-state index contributed by atoms with van der Waals surface area (Å²) in [6, 6.07) is 0. The molecule has 2 aliphatic carbocycles. The van der Waals surface area contributed by atoms with E-state index >= 15 is 0 Å². The lowest BCUT2D eigenvalue weighted by Gasteiger charge is -2.24. The second-order valence-corrected chi connectivity index (χ2v) is 6.31. The van der Waals surface area contributed by atoms with E-state index in [9.17, 15) is 0 Å². The Morgan fingerprint density at radius 3 is 2.69 bits per heavy atom.